The van der Waals surface area contributed by atoms with E-state index in [-0.39, 0.29) is 0 Å². The number of rotatable bonds is 7. The van der Waals surface area contributed by atoms with Crippen molar-refractivity contribution in [3.05, 3.63) is 29.8 Å². The van der Waals surface area contributed by atoms with E-state index in [1.807, 2.05) is 6.92 Å². The number of carbonyl (C=O) groups is 2. The first kappa shape index (κ1) is 15.6. The maximum atomic E-state index is 11.4. The molecule has 1 aromatic carbocycles. The smallest absolute Gasteiger partial charge is 0.322 e. The van der Waals surface area contributed by atoms with Gasteiger partial charge in [-0.25, -0.2) is 0 Å². The monoisotopic (exact) mass is 279 g/mol. The summed E-state index contributed by atoms with van der Waals surface area (Å²) < 4.78 is 10.6. The van der Waals surface area contributed by atoms with Crippen molar-refractivity contribution < 1.29 is 24.2 Å². The number of hydrogen-bond donors (Lipinski definition) is 2. The van der Waals surface area contributed by atoms with E-state index in [0.29, 0.717) is 23.7 Å². The molecule has 6 nitrogen and oxygen atoms in total. The third-order valence-electron chi connectivity index (χ3n) is 2.35. The Morgan fingerprint density at radius 2 is 2.15 bits per heavy atom. The van der Waals surface area contributed by atoms with Crippen LogP contribution in [0.2, 0.25) is 0 Å². The summed E-state index contributed by atoms with van der Waals surface area (Å²) in [5.74, 6) is -0.327. The fourth-order valence-electron chi connectivity index (χ4n) is 1.45. The third kappa shape index (κ3) is 5.01. The number of hydrogen-bond acceptors (Lipinski definition) is 4. The van der Waals surface area contributed by atoms with Gasteiger partial charge >= 0.3 is 5.97 Å². The Kier molecular flexibility index (Phi) is 6.09. The molecule has 6 heteroatoms. The lowest BCUT2D eigenvalue weighted by atomic mass is 10.1. The summed E-state index contributed by atoms with van der Waals surface area (Å²) in [6.07, 6.45) is 2.81. The van der Waals surface area contributed by atoms with E-state index in [0.717, 1.165) is 0 Å². The van der Waals surface area contributed by atoms with Crippen LogP contribution in [0.25, 0.3) is 6.08 Å². The number of benzene rings is 1. The van der Waals surface area contributed by atoms with Gasteiger partial charge < -0.3 is 19.9 Å². The van der Waals surface area contributed by atoms with Gasteiger partial charge in [0.05, 0.1) is 13.7 Å². The first-order chi connectivity index (χ1) is 9.56. The molecule has 0 atom stereocenters. The molecule has 0 spiro atoms. The van der Waals surface area contributed by atoms with Gasteiger partial charge in [0.2, 0.25) is 5.91 Å². The van der Waals surface area contributed by atoms with E-state index in [9.17, 15) is 9.59 Å². The van der Waals surface area contributed by atoms with Crippen LogP contribution in [-0.2, 0) is 9.59 Å². The zero-order valence-corrected chi connectivity index (χ0v) is 11.4. The van der Waals surface area contributed by atoms with E-state index >= 15 is 0 Å². The Hall–Kier alpha value is -2.50. The van der Waals surface area contributed by atoms with Crippen LogP contribution in [0.1, 0.15) is 12.5 Å². The predicted octanol–water partition coefficient (Wildman–Crippen LogP) is 1.31. The second-order valence-corrected chi connectivity index (χ2v) is 3.78. The zero-order chi connectivity index (χ0) is 15.0. The molecule has 1 aromatic rings. The van der Waals surface area contributed by atoms with Crippen LogP contribution in [0.5, 0.6) is 11.5 Å². The lowest BCUT2D eigenvalue weighted by Crippen LogP contribution is -2.27. The minimum atomic E-state index is -1.09. The maximum Gasteiger partial charge on any atom is 0.322 e. The highest BCUT2D eigenvalue weighted by atomic mass is 16.5. The van der Waals surface area contributed by atoms with Gasteiger partial charge in [-0.2, -0.15) is 0 Å². The molecular weight excluding hydrogens is 262 g/mol. The number of carbonyl (C=O) groups excluding carboxylic acids is 1. The average Bonchev–Trinajstić information content (AvgIpc) is 2.43. The molecule has 0 saturated heterocycles. The van der Waals surface area contributed by atoms with Gasteiger partial charge in [0.1, 0.15) is 18.0 Å². The van der Waals surface area contributed by atoms with Crippen molar-refractivity contribution in [1.82, 2.24) is 5.32 Å². The third-order valence-corrected chi connectivity index (χ3v) is 2.35. The molecule has 0 aliphatic rings. The van der Waals surface area contributed by atoms with E-state index < -0.39 is 18.4 Å². The fourth-order valence-corrected chi connectivity index (χ4v) is 1.45. The molecule has 20 heavy (non-hydrogen) atoms. The van der Waals surface area contributed by atoms with Crippen molar-refractivity contribution in [2.24, 2.45) is 0 Å². The number of methoxy groups -OCH3 is 1. The number of nitrogens with one attached hydrogen (secondary N) is 1. The Morgan fingerprint density at radius 3 is 2.75 bits per heavy atom. The number of carboxylic acid groups (broad SMARTS) is 1. The SMILES string of the molecule is CCOc1cc(OC)ccc1/C=C/C(=O)NCC(=O)O. The van der Waals surface area contributed by atoms with Crippen molar-refractivity contribution in [1.29, 1.82) is 0 Å². The predicted molar refractivity (Wildman–Crippen MR) is 73.8 cm³/mol. The Balaban J connectivity index is 2.79. The first-order valence-corrected chi connectivity index (χ1v) is 6.05. The highest BCUT2D eigenvalue weighted by Gasteiger charge is 2.04. The highest BCUT2D eigenvalue weighted by Crippen LogP contribution is 2.25. The van der Waals surface area contributed by atoms with Gasteiger partial charge in [0.25, 0.3) is 0 Å². The minimum absolute atomic E-state index is 0.413. The van der Waals surface area contributed by atoms with Crippen LogP contribution in [0.15, 0.2) is 24.3 Å². The number of carboxylic acids is 1. The second-order valence-electron chi connectivity index (χ2n) is 3.78. The molecule has 2 N–H and O–H groups in total. The van der Waals surface area contributed by atoms with E-state index in [2.05, 4.69) is 5.32 Å². The first-order valence-electron chi connectivity index (χ1n) is 6.05. The Bertz CT molecular complexity index is 510. The molecular formula is C14H17NO5. The Morgan fingerprint density at radius 1 is 1.40 bits per heavy atom. The molecule has 1 amide bonds. The summed E-state index contributed by atoms with van der Waals surface area (Å²) >= 11 is 0. The van der Waals surface area contributed by atoms with Crippen LogP contribution >= 0.6 is 0 Å². The largest absolute Gasteiger partial charge is 0.497 e. The fraction of sp³-hybridized carbons (Fsp3) is 0.286. The summed E-state index contributed by atoms with van der Waals surface area (Å²) in [6, 6.07) is 5.22. The molecule has 0 unspecified atom stereocenters. The van der Waals surface area contributed by atoms with Crippen molar-refractivity contribution in [2.75, 3.05) is 20.3 Å². The van der Waals surface area contributed by atoms with Crippen molar-refractivity contribution in [3.8, 4) is 11.5 Å². The van der Waals surface area contributed by atoms with E-state index in [1.165, 1.54) is 6.08 Å². The van der Waals surface area contributed by atoms with E-state index in [1.54, 1.807) is 31.4 Å². The summed E-state index contributed by atoms with van der Waals surface area (Å²) in [5, 5.41) is 10.7. The van der Waals surface area contributed by atoms with Gasteiger partial charge in [-0.15, -0.1) is 0 Å². The number of amides is 1. The van der Waals surface area contributed by atoms with Crippen LogP contribution in [0.4, 0.5) is 0 Å². The summed E-state index contributed by atoms with van der Waals surface area (Å²) in [6.45, 7) is 1.93. The summed E-state index contributed by atoms with van der Waals surface area (Å²) in [7, 11) is 1.56. The minimum Gasteiger partial charge on any atom is -0.497 e. The van der Waals surface area contributed by atoms with Gasteiger partial charge in [-0.1, -0.05) is 0 Å². The molecule has 0 fully saturated rings. The molecule has 0 aliphatic carbocycles. The van der Waals surface area contributed by atoms with Gasteiger partial charge in [-0.3, -0.25) is 9.59 Å². The molecule has 0 radical (unpaired) electrons. The lowest BCUT2D eigenvalue weighted by molar-refractivity contribution is -0.137. The molecule has 108 valence electrons. The van der Waals surface area contributed by atoms with Gasteiger partial charge in [-0.05, 0) is 25.1 Å². The van der Waals surface area contributed by atoms with Gasteiger partial charge in [0, 0.05) is 17.7 Å². The quantitative estimate of drug-likeness (QED) is 0.735. The Labute approximate surface area is 117 Å². The number of ether oxygens (including phenoxy) is 2. The normalized spacial score (nSPS) is 10.3. The summed E-state index contributed by atoms with van der Waals surface area (Å²) in [5.41, 5.74) is 0.707. The van der Waals surface area contributed by atoms with Crippen LogP contribution in [-0.4, -0.2) is 37.2 Å². The maximum absolute atomic E-state index is 11.4. The van der Waals surface area contributed by atoms with Crippen molar-refractivity contribution >= 4 is 18.0 Å². The molecule has 0 aromatic heterocycles. The molecule has 0 bridgehead atoms. The van der Waals surface area contributed by atoms with E-state index in [4.69, 9.17) is 14.6 Å². The van der Waals surface area contributed by atoms with Crippen LogP contribution < -0.4 is 14.8 Å². The second kappa shape index (κ2) is 7.83. The topological polar surface area (TPSA) is 84.9 Å². The van der Waals surface area contributed by atoms with Crippen LogP contribution in [0.3, 0.4) is 0 Å². The highest BCUT2D eigenvalue weighted by molar-refractivity contribution is 5.93. The van der Waals surface area contributed by atoms with Crippen molar-refractivity contribution in [3.63, 3.8) is 0 Å². The molecule has 0 saturated carbocycles. The molecule has 0 aliphatic heterocycles. The summed E-state index contributed by atoms with van der Waals surface area (Å²) in [4.78, 5) is 21.7. The van der Waals surface area contributed by atoms with Crippen molar-refractivity contribution in [2.45, 2.75) is 6.92 Å². The lowest BCUT2D eigenvalue weighted by Gasteiger charge is -2.09. The molecule has 0 heterocycles. The molecule has 1 rings (SSSR count). The standard InChI is InChI=1S/C14H17NO5/c1-3-20-12-8-11(19-2)6-4-10(12)5-7-13(16)15-9-14(17)18/h4-8H,3,9H2,1-2H3,(H,15,16)(H,17,18)/b7-5+. The average molecular weight is 279 g/mol. The van der Waals surface area contributed by atoms with Crippen LogP contribution in [0, 0.1) is 0 Å². The zero-order valence-electron chi connectivity index (χ0n) is 11.4. The van der Waals surface area contributed by atoms with Gasteiger partial charge in [0.15, 0.2) is 0 Å². The number of aliphatic carboxylic acids is 1.